The molecule has 1 amide bonds. The van der Waals surface area contributed by atoms with E-state index in [1.54, 1.807) is 6.92 Å². The fourth-order valence-corrected chi connectivity index (χ4v) is 1.38. The summed E-state index contributed by atoms with van der Waals surface area (Å²) >= 11 is 0. The molecule has 0 saturated carbocycles. The Morgan fingerprint density at radius 2 is 2.07 bits per heavy atom. The van der Waals surface area contributed by atoms with Crippen LogP contribution in [0.3, 0.4) is 0 Å². The third-order valence-corrected chi connectivity index (χ3v) is 2.34. The molecular weight excluding hydrogens is 194 g/mol. The van der Waals surface area contributed by atoms with Crippen LogP contribution >= 0.6 is 0 Å². The second-order valence-electron chi connectivity index (χ2n) is 3.57. The first-order valence-electron chi connectivity index (χ1n) is 5.27. The highest BCUT2D eigenvalue weighted by Crippen LogP contribution is 2.15. The van der Waals surface area contributed by atoms with E-state index in [0.717, 1.165) is 19.3 Å². The van der Waals surface area contributed by atoms with Crippen LogP contribution in [-0.2, 0) is 9.53 Å². The van der Waals surface area contributed by atoms with Gasteiger partial charge in [0.15, 0.2) is 0 Å². The first-order chi connectivity index (χ1) is 7.04. The Hall–Kier alpha value is -1.03. The fourth-order valence-electron chi connectivity index (χ4n) is 1.38. The van der Waals surface area contributed by atoms with Crippen LogP contribution in [-0.4, -0.2) is 24.2 Å². The number of hydrogen-bond acceptors (Lipinski definition) is 3. The molecule has 88 valence electrons. The van der Waals surface area contributed by atoms with E-state index in [4.69, 9.17) is 10.5 Å². The zero-order valence-corrected chi connectivity index (χ0v) is 9.75. The summed E-state index contributed by atoms with van der Waals surface area (Å²) in [6.45, 7) is 3.65. The van der Waals surface area contributed by atoms with Gasteiger partial charge in [-0.2, -0.15) is 0 Å². The third kappa shape index (κ3) is 4.83. The number of methoxy groups -OCH3 is 1. The zero-order chi connectivity index (χ0) is 11.8. The average molecular weight is 215 g/mol. The molecule has 1 atom stereocenters. The van der Waals surface area contributed by atoms with Crippen molar-refractivity contribution in [3.63, 3.8) is 0 Å². The Bertz CT molecular complexity index is 236. The number of aliphatic hydroxyl groups excluding tert-OH is 1. The molecule has 0 unspecified atom stereocenters. The first-order valence-corrected chi connectivity index (χ1v) is 5.27. The van der Waals surface area contributed by atoms with Crippen molar-refractivity contribution in [2.24, 2.45) is 5.73 Å². The maximum Gasteiger partial charge on any atom is 0.247 e. The van der Waals surface area contributed by atoms with Crippen molar-refractivity contribution in [3.05, 3.63) is 11.3 Å². The summed E-state index contributed by atoms with van der Waals surface area (Å²) in [5, 5.41) is 9.76. The molecule has 4 nitrogen and oxygen atoms in total. The van der Waals surface area contributed by atoms with Crippen LogP contribution in [0.15, 0.2) is 11.3 Å². The van der Waals surface area contributed by atoms with Crippen molar-refractivity contribution in [2.45, 2.75) is 45.6 Å². The van der Waals surface area contributed by atoms with Gasteiger partial charge in [0.25, 0.3) is 0 Å². The minimum atomic E-state index is -0.728. The molecule has 0 aliphatic carbocycles. The van der Waals surface area contributed by atoms with E-state index in [9.17, 15) is 9.90 Å². The van der Waals surface area contributed by atoms with E-state index in [1.165, 1.54) is 7.11 Å². The van der Waals surface area contributed by atoms with Crippen LogP contribution in [0.2, 0.25) is 0 Å². The van der Waals surface area contributed by atoms with Gasteiger partial charge in [-0.3, -0.25) is 4.79 Å². The van der Waals surface area contributed by atoms with Crippen molar-refractivity contribution in [1.29, 1.82) is 0 Å². The van der Waals surface area contributed by atoms with E-state index < -0.39 is 12.0 Å². The molecule has 15 heavy (non-hydrogen) atoms. The highest BCUT2D eigenvalue weighted by atomic mass is 16.5. The minimum Gasteiger partial charge on any atom is -0.498 e. The molecule has 4 heteroatoms. The molecule has 0 heterocycles. The van der Waals surface area contributed by atoms with Gasteiger partial charge in [-0.25, -0.2) is 0 Å². The van der Waals surface area contributed by atoms with Gasteiger partial charge in [-0.05, 0) is 13.3 Å². The fraction of sp³-hybridized carbons (Fsp3) is 0.727. The molecule has 0 spiro atoms. The zero-order valence-electron chi connectivity index (χ0n) is 9.75. The van der Waals surface area contributed by atoms with Gasteiger partial charge in [0.1, 0.15) is 11.9 Å². The highest BCUT2D eigenvalue weighted by molar-refractivity contribution is 5.91. The quantitative estimate of drug-likeness (QED) is 0.382. The molecule has 3 N–H and O–H groups in total. The van der Waals surface area contributed by atoms with E-state index in [2.05, 4.69) is 6.92 Å². The van der Waals surface area contributed by atoms with Crippen LogP contribution in [0, 0.1) is 0 Å². The normalized spacial score (nSPS) is 14.4. The lowest BCUT2D eigenvalue weighted by atomic mass is 10.1. The molecule has 0 aliphatic rings. The van der Waals surface area contributed by atoms with Gasteiger partial charge in [0.05, 0.1) is 12.7 Å². The van der Waals surface area contributed by atoms with Crippen molar-refractivity contribution in [2.75, 3.05) is 7.11 Å². The standard InChI is InChI=1S/C11H21NO3/c1-4-5-6-7-9(13)10(15-3)8(2)11(12)14/h9,13H,4-7H2,1-3H3,(H2,12,14)/t9-/m0/s1. The number of amides is 1. The molecule has 0 aromatic heterocycles. The molecule has 0 aromatic carbocycles. The topological polar surface area (TPSA) is 72.6 Å². The van der Waals surface area contributed by atoms with E-state index in [1.807, 2.05) is 0 Å². The Morgan fingerprint density at radius 1 is 1.47 bits per heavy atom. The second-order valence-corrected chi connectivity index (χ2v) is 3.57. The molecule has 0 bridgehead atoms. The van der Waals surface area contributed by atoms with Gasteiger partial charge in [0.2, 0.25) is 5.91 Å². The lowest BCUT2D eigenvalue weighted by molar-refractivity contribution is -0.114. The smallest absolute Gasteiger partial charge is 0.247 e. The van der Waals surface area contributed by atoms with E-state index in [-0.39, 0.29) is 0 Å². The second kappa shape index (κ2) is 7.29. The molecule has 0 saturated heterocycles. The third-order valence-electron chi connectivity index (χ3n) is 2.34. The predicted octanol–water partition coefficient (Wildman–Crippen LogP) is 1.33. The maximum atomic E-state index is 10.9. The summed E-state index contributed by atoms with van der Waals surface area (Å²) in [6.07, 6.45) is 2.93. The Balaban J connectivity index is 4.40. The van der Waals surface area contributed by atoms with Crippen molar-refractivity contribution >= 4 is 5.91 Å². The molecule has 0 aromatic rings. The SMILES string of the molecule is CCCCC[C@H](O)C(OC)=C(C)C(N)=O. The number of hydrogen-bond donors (Lipinski definition) is 2. The molecular formula is C11H21NO3. The average Bonchev–Trinajstić information content (AvgIpc) is 2.19. The highest BCUT2D eigenvalue weighted by Gasteiger charge is 2.16. The number of primary amides is 1. The van der Waals surface area contributed by atoms with Crippen LogP contribution in [0.1, 0.15) is 39.5 Å². The Labute approximate surface area is 91.1 Å². The lowest BCUT2D eigenvalue weighted by Gasteiger charge is -2.15. The molecule has 0 aliphatic heterocycles. The molecule has 0 fully saturated rings. The number of carbonyl (C=O) groups excluding carboxylic acids is 1. The van der Waals surface area contributed by atoms with Crippen molar-refractivity contribution < 1.29 is 14.6 Å². The van der Waals surface area contributed by atoms with E-state index in [0.29, 0.717) is 17.8 Å². The van der Waals surface area contributed by atoms with Crippen molar-refractivity contribution in [3.8, 4) is 0 Å². The number of nitrogens with two attached hydrogens (primary N) is 1. The summed E-state index contributed by atoms with van der Waals surface area (Å²) in [5.74, 6) is -0.264. The Kier molecular flexibility index (Phi) is 6.79. The summed E-state index contributed by atoms with van der Waals surface area (Å²) in [5.41, 5.74) is 5.41. The van der Waals surface area contributed by atoms with Crippen molar-refractivity contribution in [1.82, 2.24) is 0 Å². The largest absolute Gasteiger partial charge is 0.498 e. The Morgan fingerprint density at radius 3 is 2.47 bits per heavy atom. The van der Waals surface area contributed by atoms with Crippen LogP contribution in [0.4, 0.5) is 0 Å². The molecule has 0 radical (unpaired) electrons. The summed E-state index contributed by atoms with van der Waals surface area (Å²) in [6, 6.07) is 0. The number of unbranched alkanes of at least 4 members (excludes halogenated alkanes) is 2. The number of rotatable bonds is 7. The van der Waals surface area contributed by atoms with Gasteiger partial charge in [-0.1, -0.05) is 26.2 Å². The first kappa shape index (κ1) is 14.0. The van der Waals surface area contributed by atoms with Crippen LogP contribution in [0.25, 0.3) is 0 Å². The van der Waals surface area contributed by atoms with Crippen LogP contribution in [0.5, 0.6) is 0 Å². The lowest BCUT2D eigenvalue weighted by Crippen LogP contribution is -2.21. The predicted molar refractivity (Wildman–Crippen MR) is 59.1 cm³/mol. The van der Waals surface area contributed by atoms with E-state index >= 15 is 0 Å². The molecule has 0 rings (SSSR count). The monoisotopic (exact) mass is 215 g/mol. The summed E-state index contributed by atoms with van der Waals surface area (Å²) < 4.78 is 4.99. The summed E-state index contributed by atoms with van der Waals surface area (Å²) in [7, 11) is 1.44. The van der Waals surface area contributed by atoms with Gasteiger partial charge in [-0.15, -0.1) is 0 Å². The number of carbonyl (C=O) groups is 1. The maximum absolute atomic E-state index is 10.9. The van der Waals surface area contributed by atoms with Gasteiger partial charge < -0.3 is 15.6 Å². The van der Waals surface area contributed by atoms with Gasteiger partial charge >= 0.3 is 0 Å². The van der Waals surface area contributed by atoms with Crippen LogP contribution < -0.4 is 5.73 Å². The van der Waals surface area contributed by atoms with Gasteiger partial charge in [0, 0.05) is 0 Å². The number of aliphatic hydroxyl groups is 1. The number of ether oxygens (including phenoxy) is 1. The summed E-state index contributed by atoms with van der Waals surface area (Å²) in [4.78, 5) is 10.9. The minimum absolute atomic E-state index is 0.290.